The molecule has 132 valence electrons. The van der Waals surface area contributed by atoms with Crippen LogP contribution in [-0.2, 0) is 4.84 Å². The smallest absolute Gasteiger partial charge is 0.123 e. The van der Waals surface area contributed by atoms with Crippen LogP contribution in [0.4, 0.5) is 10.1 Å². The van der Waals surface area contributed by atoms with Crippen molar-refractivity contribution in [3.8, 4) is 0 Å². The topological polar surface area (TPSA) is 15.7 Å². The quantitative estimate of drug-likeness (QED) is 0.799. The van der Waals surface area contributed by atoms with Crippen molar-refractivity contribution >= 4 is 5.69 Å². The van der Waals surface area contributed by atoms with Gasteiger partial charge < -0.3 is 4.90 Å². The summed E-state index contributed by atoms with van der Waals surface area (Å²) < 4.78 is 13.2. The second-order valence-corrected chi connectivity index (χ2v) is 7.96. The molecule has 1 aromatic carbocycles. The third-order valence-corrected chi connectivity index (χ3v) is 6.23. The van der Waals surface area contributed by atoms with E-state index in [0.717, 1.165) is 31.9 Å². The molecule has 2 saturated heterocycles. The van der Waals surface area contributed by atoms with Crippen molar-refractivity contribution in [2.75, 3.05) is 31.1 Å². The number of anilines is 1. The molecule has 1 spiro atoms. The van der Waals surface area contributed by atoms with E-state index in [4.69, 9.17) is 4.84 Å². The average molecular weight is 332 g/mol. The molecule has 3 aliphatic rings. The summed E-state index contributed by atoms with van der Waals surface area (Å²) in [6, 6.07) is 7.60. The molecule has 1 atom stereocenters. The number of halogens is 1. The van der Waals surface area contributed by atoms with Gasteiger partial charge in [0.1, 0.15) is 5.82 Å². The fourth-order valence-corrected chi connectivity index (χ4v) is 4.76. The molecule has 3 fully saturated rings. The van der Waals surface area contributed by atoms with Crippen LogP contribution in [0.3, 0.4) is 0 Å². The van der Waals surface area contributed by atoms with E-state index in [1.54, 1.807) is 12.1 Å². The third-order valence-electron chi connectivity index (χ3n) is 6.23. The average Bonchev–Trinajstić information content (AvgIpc) is 2.64. The molecular formula is C20H29FN2O. The minimum Gasteiger partial charge on any atom is -0.371 e. The Bertz CT molecular complexity index is 533. The Balaban J connectivity index is 1.38. The van der Waals surface area contributed by atoms with Gasteiger partial charge in [0.15, 0.2) is 0 Å². The minimum atomic E-state index is -0.158. The number of benzene rings is 1. The highest BCUT2D eigenvalue weighted by Gasteiger charge is 2.41. The van der Waals surface area contributed by atoms with Crippen LogP contribution in [0.15, 0.2) is 24.3 Å². The number of hydrogen-bond donors (Lipinski definition) is 0. The molecule has 2 aliphatic heterocycles. The van der Waals surface area contributed by atoms with Gasteiger partial charge in [-0.3, -0.25) is 4.84 Å². The number of rotatable bonds is 2. The van der Waals surface area contributed by atoms with Crippen molar-refractivity contribution in [2.24, 2.45) is 5.41 Å². The fraction of sp³-hybridized carbons (Fsp3) is 0.700. The lowest BCUT2D eigenvalue weighted by molar-refractivity contribution is -0.245. The van der Waals surface area contributed by atoms with Crippen LogP contribution in [0.2, 0.25) is 0 Å². The van der Waals surface area contributed by atoms with E-state index in [1.807, 2.05) is 12.1 Å². The lowest BCUT2D eigenvalue weighted by Crippen LogP contribution is -2.53. The summed E-state index contributed by atoms with van der Waals surface area (Å²) in [6.45, 7) is 4.03. The molecule has 3 nitrogen and oxygen atoms in total. The number of hydrogen-bond acceptors (Lipinski definition) is 3. The molecule has 0 amide bonds. The minimum absolute atomic E-state index is 0.158. The molecule has 1 aliphatic carbocycles. The highest BCUT2D eigenvalue weighted by molar-refractivity contribution is 5.47. The van der Waals surface area contributed by atoms with Gasteiger partial charge in [0.2, 0.25) is 0 Å². The lowest BCUT2D eigenvalue weighted by Gasteiger charge is -2.49. The first-order chi connectivity index (χ1) is 11.7. The van der Waals surface area contributed by atoms with Crippen molar-refractivity contribution < 1.29 is 9.23 Å². The summed E-state index contributed by atoms with van der Waals surface area (Å²) in [5.41, 5.74) is 1.42. The maximum absolute atomic E-state index is 13.2. The molecule has 4 heteroatoms. The van der Waals surface area contributed by atoms with Crippen molar-refractivity contribution in [3.05, 3.63) is 30.1 Å². The SMILES string of the molecule is Fc1ccc(N2CCCC3(CCN(C4CCCCC4)OC3)C2)cc1. The second-order valence-electron chi connectivity index (χ2n) is 7.96. The maximum Gasteiger partial charge on any atom is 0.123 e. The van der Waals surface area contributed by atoms with Crippen molar-refractivity contribution in [1.82, 2.24) is 5.06 Å². The Hall–Kier alpha value is -1.13. The fourth-order valence-electron chi connectivity index (χ4n) is 4.76. The van der Waals surface area contributed by atoms with Gasteiger partial charge in [-0.2, -0.15) is 5.06 Å². The van der Waals surface area contributed by atoms with E-state index in [2.05, 4.69) is 9.96 Å². The van der Waals surface area contributed by atoms with Gasteiger partial charge >= 0.3 is 0 Å². The largest absolute Gasteiger partial charge is 0.371 e. The van der Waals surface area contributed by atoms with Gasteiger partial charge in [-0.1, -0.05) is 19.3 Å². The monoisotopic (exact) mass is 332 g/mol. The molecule has 4 rings (SSSR count). The summed E-state index contributed by atoms with van der Waals surface area (Å²) in [5, 5.41) is 2.29. The molecular weight excluding hydrogens is 303 g/mol. The van der Waals surface area contributed by atoms with Gasteiger partial charge in [0.05, 0.1) is 6.61 Å². The normalized spacial score (nSPS) is 30.0. The molecule has 1 saturated carbocycles. The molecule has 0 aromatic heterocycles. The van der Waals surface area contributed by atoms with Crippen LogP contribution in [-0.4, -0.2) is 37.3 Å². The summed E-state index contributed by atoms with van der Waals surface area (Å²) in [6.07, 6.45) is 10.4. The van der Waals surface area contributed by atoms with E-state index in [1.165, 1.54) is 51.4 Å². The second kappa shape index (κ2) is 7.01. The Labute approximate surface area is 144 Å². The number of hydroxylamine groups is 2. The number of nitrogens with zero attached hydrogens (tertiary/aromatic N) is 2. The highest BCUT2D eigenvalue weighted by atomic mass is 19.1. The molecule has 1 aromatic rings. The summed E-state index contributed by atoms with van der Waals surface area (Å²) in [5.74, 6) is -0.158. The lowest BCUT2D eigenvalue weighted by atomic mass is 9.76. The van der Waals surface area contributed by atoms with Gasteiger partial charge in [-0.05, 0) is 56.4 Å². The van der Waals surface area contributed by atoms with Gasteiger partial charge in [0.25, 0.3) is 0 Å². The number of piperidine rings is 1. The van der Waals surface area contributed by atoms with E-state index < -0.39 is 0 Å². The van der Waals surface area contributed by atoms with E-state index in [-0.39, 0.29) is 11.2 Å². The van der Waals surface area contributed by atoms with Crippen molar-refractivity contribution in [3.63, 3.8) is 0 Å². The molecule has 24 heavy (non-hydrogen) atoms. The zero-order chi connectivity index (χ0) is 16.4. The first-order valence-corrected chi connectivity index (χ1v) is 9.64. The van der Waals surface area contributed by atoms with Gasteiger partial charge in [0, 0.05) is 36.8 Å². The molecule has 0 bridgehead atoms. The van der Waals surface area contributed by atoms with E-state index >= 15 is 0 Å². The van der Waals surface area contributed by atoms with Crippen molar-refractivity contribution in [1.29, 1.82) is 0 Å². The Kier molecular flexibility index (Phi) is 4.77. The maximum atomic E-state index is 13.2. The van der Waals surface area contributed by atoms with Crippen LogP contribution < -0.4 is 4.90 Å². The predicted octanol–water partition coefficient (Wildman–Crippen LogP) is 4.38. The Morgan fingerprint density at radius 1 is 0.958 bits per heavy atom. The molecule has 2 heterocycles. The standard InChI is InChI=1S/C20H29FN2O/c21-17-7-9-18(10-8-17)22-13-4-11-20(15-22)12-14-23(24-16-20)19-5-2-1-3-6-19/h7-10,19H,1-6,11-16H2. The van der Waals surface area contributed by atoms with E-state index in [9.17, 15) is 4.39 Å². The Morgan fingerprint density at radius 2 is 1.75 bits per heavy atom. The van der Waals surface area contributed by atoms with Crippen LogP contribution in [0.25, 0.3) is 0 Å². The third kappa shape index (κ3) is 3.45. The molecule has 1 unspecified atom stereocenters. The van der Waals surface area contributed by atoms with Gasteiger partial charge in [-0.25, -0.2) is 4.39 Å². The zero-order valence-corrected chi connectivity index (χ0v) is 14.6. The van der Waals surface area contributed by atoms with Crippen LogP contribution >= 0.6 is 0 Å². The zero-order valence-electron chi connectivity index (χ0n) is 14.6. The summed E-state index contributed by atoms with van der Waals surface area (Å²) in [7, 11) is 0. The predicted molar refractivity (Wildman–Crippen MR) is 94.4 cm³/mol. The Morgan fingerprint density at radius 3 is 2.46 bits per heavy atom. The first kappa shape index (κ1) is 16.3. The first-order valence-electron chi connectivity index (χ1n) is 9.64. The summed E-state index contributed by atoms with van der Waals surface area (Å²) in [4.78, 5) is 8.68. The van der Waals surface area contributed by atoms with Crippen LogP contribution in [0.5, 0.6) is 0 Å². The summed E-state index contributed by atoms with van der Waals surface area (Å²) >= 11 is 0. The molecule has 0 N–H and O–H groups in total. The van der Waals surface area contributed by atoms with Crippen LogP contribution in [0.1, 0.15) is 51.4 Å². The molecule has 0 radical (unpaired) electrons. The van der Waals surface area contributed by atoms with Gasteiger partial charge in [-0.15, -0.1) is 0 Å². The highest BCUT2D eigenvalue weighted by Crippen LogP contribution is 2.39. The van der Waals surface area contributed by atoms with Crippen LogP contribution in [0, 0.1) is 11.2 Å². The van der Waals surface area contributed by atoms with Crippen molar-refractivity contribution in [2.45, 2.75) is 57.4 Å². The van der Waals surface area contributed by atoms with E-state index in [0.29, 0.717) is 6.04 Å².